The number of hydrogen-bond acceptors (Lipinski definition) is 8. The van der Waals surface area contributed by atoms with Gasteiger partial charge in [-0.3, -0.25) is 0 Å². The van der Waals surface area contributed by atoms with E-state index >= 15 is 35.1 Å². The summed E-state index contributed by atoms with van der Waals surface area (Å²) in [6, 6.07) is 11.3. The lowest BCUT2D eigenvalue weighted by Crippen LogP contribution is -2.74. The third kappa shape index (κ3) is 11.7. The first-order valence-electron chi connectivity index (χ1n) is 24.8. The van der Waals surface area contributed by atoms with Crippen LogP contribution in [0.1, 0.15) is 76.7 Å². The Morgan fingerprint density at radius 2 is 0.567 bits per heavy atom. The highest BCUT2D eigenvalue weighted by atomic mass is 19.4. The highest BCUT2D eigenvalue weighted by molar-refractivity contribution is 5.27. The van der Waals surface area contributed by atoms with Crippen LogP contribution in [0.4, 0.5) is 149 Å². The maximum Gasteiger partial charge on any atom is 0.460 e. The second kappa shape index (κ2) is 22.7. The summed E-state index contributed by atoms with van der Waals surface area (Å²) in [7, 11) is 0. The molecule has 4 aliphatic rings. The van der Waals surface area contributed by atoms with Crippen molar-refractivity contribution in [1.29, 1.82) is 0 Å². The van der Waals surface area contributed by atoms with Crippen molar-refractivity contribution in [3.05, 3.63) is 71.8 Å². The molecule has 4 heterocycles. The number of fused-ring (bicyclic) bond motifs is 2. The van der Waals surface area contributed by atoms with Crippen molar-refractivity contribution in [1.82, 2.24) is 0 Å². The van der Waals surface area contributed by atoms with Crippen molar-refractivity contribution in [3.8, 4) is 0 Å². The topological polar surface area (TPSA) is 73.8 Å². The zero-order valence-electron chi connectivity index (χ0n) is 44.5. The summed E-state index contributed by atoms with van der Waals surface area (Å²) < 4.78 is 529. The van der Waals surface area contributed by atoms with E-state index in [-0.39, 0.29) is 11.1 Å². The Labute approximate surface area is 480 Å². The van der Waals surface area contributed by atoms with E-state index in [0.29, 0.717) is 0 Å². The van der Waals surface area contributed by atoms with Crippen LogP contribution in [0.15, 0.2) is 60.7 Å². The quantitative estimate of drug-likeness (QED) is 0.0911. The maximum atomic E-state index is 15.5. The summed E-state index contributed by atoms with van der Waals surface area (Å²) in [5.41, 5.74) is -0.611. The van der Waals surface area contributed by atoms with E-state index in [0.717, 1.165) is 76.2 Å². The summed E-state index contributed by atoms with van der Waals surface area (Å²) >= 11 is 0. The van der Waals surface area contributed by atoms with Crippen LogP contribution in [0.25, 0.3) is 0 Å². The fraction of sp³-hybridized carbons (Fsp3) is 0.750. The molecule has 0 aromatic heterocycles. The molecule has 2 aromatic carbocycles. The third-order valence-corrected chi connectivity index (χ3v) is 14.4. The molecule has 518 valence electrons. The first-order chi connectivity index (χ1) is 40.0. The Morgan fingerprint density at radius 1 is 0.333 bits per heavy atom. The first-order valence-corrected chi connectivity index (χ1v) is 24.8. The molecule has 8 nitrogen and oxygen atoms in total. The fourth-order valence-corrected chi connectivity index (χ4v) is 9.51. The van der Waals surface area contributed by atoms with E-state index < -0.39 is 194 Å². The summed E-state index contributed by atoms with van der Waals surface area (Å²) in [6.45, 7) is 4.31. The molecule has 4 saturated heterocycles. The Balaban J connectivity index is 1.38. The molecule has 4 aliphatic heterocycles. The number of halogens is 34. The predicted molar refractivity (Wildman–Crippen MR) is 225 cm³/mol. The van der Waals surface area contributed by atoms with E-state index in [1.807, 2.05) is 0 Å². The molecule has 0 N–H and O–H groups in total. The highest BCUT2D eigenvalue weighted by Gasteiger charge is 2.97. The van der Waals surface area contributed by atoms with Crippen LogP contribution in [0.5, 0.6) is 0 Å². The number of alkyl halides is 34. The van der Waals surface area contributed by atoms with Gasteiger partial charge in [-0.2, -0.15) is 149 Å². The Morgan fingerprint density at radius 3 is 0.811 bits per heavy atom. The van der Waals surface area contributed by atoms with E-state index in [1.54, 1.807) is 0 Å². The molecule has 90 heavy (non-hydrogen) atoms. The zero-order chi connectivity index (χ0) is 69.5. The Hall–Kier alpha value is -4.26. The molecule has 0 saturated carbocycles. The van der Waals surface area contributed by atoms with Crippen molar-refractivity contribution in [3.63, 3.8) is 0 Å². The summed E-state index contributed by atoms with van der Waals surface area (Å²) in [5.74, 6) is -122. The Bertz CT molecular complexity index is 2620. The van der Waals surface area contributed by atoms with Crippen molar-refractivity contribution < 1.29 is 187 Å². The second-order valence-electron chi connectivity index (χ2n) is 21.5. The number of benzene rings is 2. The minimum Gasteiger partial charge on any atom is -0.362 e. The van der Waals surface area contributed by atoms with Crippen molar-refractivity contribution in [2.24, 2.45) is 0 Å². The lowest BCUT2D eigenvalue weighted by Gasteiger charge is -2.43. The van der Waals surface area contributed by atoms with Crippen molar-refractivity contribution in [2.45, 2.75) is 222 Å². The van der Waals surface area contributed by atoms with Gasteiger partial charge in [-0.05, 0) is 51.7 Å². The summed E-state index contributed by atoms with van der Waals surface area (Å²) in [5, 5.41) is 0. The van der Waals surface area contributed by atoms with E-state index in [4.69, 9.17) is 37.9 Å². The molecule has 42 heteroatoms. The lowest BCUT2D eigenvalue weighted by molar-refractivity contribution is -0.462. The minimum absolute atomic E-state index is 0.306. The SMILES string of the molecule is CC1(C)O[C@H]2O[C@H](CCC(F)(F)C(F)(F)C(F)(F)C(F)(F)C(F)(F)C(F)(F)C(F)(F)C(F)(F)F)[C@H](OC(c3ccccc3)C(O[C@@H]3[C@H]4OC(C)(C)O[C@H]4O[C@@H]3CCC(F)(F)C(F)(F)C(F)(F)C(F)(F)C(F)(F)C(F)(F)C(F)(F)C(F)(F)F)c3ccccc3)[C@H]2O1. The molecule has 2 unspecified atom stereocenters. The molecule has 2 aromatic rings. The van der Waals surface area contributed by atoms with Gasteiger partial charge in [0.15, 0.2) is 24.2 Å². The van der Waals surface area contributed by atoms with Gasteiger partial charge in [-0.15, -0.1) is 0 Å². The second-order valence-corrected chi connectivity index (χ2v) is 21.5. The molecule has 0 spiro atoms. The number of rotatable bonds is 25. The standard InChI is InChI=1S/C48H40F34O8/c1-31(2)87-27-25(21(83-29(27)89-31)15-17-33(49,50)35(53,54)37(57,58)39(61,62)41(65,66)43(69,70)45(73,74)47(77,78)79)85-23(19-11-7-5-8-12-19)24(20-13-9-6-10-14-20)86-26-22(84-30-28(26)88-32(3,4)90-30)16-18-34(51,52)36(55,56)38(59,60)40(63,64)42(67,68)44(71,72)46(75,76)48(80,81)82/h5-14,21-30H,15-18H2,1-4H3/t21-,22-,23?,24?,25+,26+,27-,28-,29-,30-/m1/s1. The van der Waals surface area contributed by atoms with Crippen LogP contribution in [-0.4, -0.2) is 156 Å². The first kappa shape index (κ1) is 74.8. The highest BCUT2D eigenvalue weighted by Crippen LogP contribution is 2.67. The van der Waals surface area contributed by atoms with Crippen LogP contribution < -0.4 is 0 Å². The molecule has 4 fully saturated rings. The monoisotopic (exact) mass is 1390 g/mol. The van der Waals surface area contributed by atoms with Gasteiger partial charge in [0.25, 0.3) is 0 Å². The molecular formula is C48H40F34O8. The van der Waals surface area contributed by atoms with Gasteiger partial charge in [0.05, 0.1) is 12.2 Å². The molecule has 0 aliphatic carbocycles. The molecule has 6 rings (SSSR count). The van der Waals surface area contributed by atoms with Gasteiger partial charge in [0.1, 0.15) is 36.6 Å². The number of ether oxygens (including phenoxy) is 8. The minimum atomic E-state index is -8.97. The average molecular weight is 1390 g/mol. The Kier molecular flexibility index (Phi) is 18.9. The summed E-state index contributed by atoms with van der Waals surface area (Å²) in [6.07, 6.45) is -48.4. The van der Waals surface area contributed by atoms with Crippen LogP contribution in [0.2, 0.25) is 0 Å². The number of hydrogen-bond donors (Lipinski definition) is 0. The van der Waals surface area contributed by atoms with Crippen LogP contribution in [0, 0.1) is 0 Å². The maximum absolute atomic E-state index is 15.5. The predicted octanol–water partition coefficient (Wildman–Crippen LogP) is 16.6. The van der Waals surface area contributed by atoms with E-state index in [9.17, 15) is 114 Å². The largest absolute Gasteiger partial charge is 0.460 e. The van der Waals surface area contributed by atoms with Gasteiger partial charge in [0, 0.05) is 12.8 Å². The lowest BCUT2D eigenvalue weighted by atomic mass is 9.87. The van der Waals surface area contributed by atoms with Gasteiger partial charge in [0.2, 0.25) is 0 Å². The van der Waals surface area contributed by atoms with Crippen molar-refractivity contribution in [2.75, 3.05) is 0 Å². The van der Waals surface area contributed by atoms with Crippen LogP contribution in [0.3, 0.4) is 0 Å². The van der Waals surface area contributed by atoms with Crippen LogP contribution in [-0.2, 0) is 37.9 Å². The van der Waals surface area contributed by atoms with E-state index in [2.05, 4.69) is 0 Å². The van der Waals surface area contributed by atoms with E-state index in [1.165, 1.54) is 12.1 Å². The van der Waals surface area contributed by atoms with Crippen molar-refractivity contribution >= 4 is 0 Å². The van der Waals surface area contributed by atoms with Gasteiger partial charge < -0.3 is 37.9 Å². The summed E-state index contributed by atoms with van der Waals surface area (Å²) in [4.78, 5) is 0. The molecule has 10 atom stereocenters. The molecule has 0 radical (unpaired) electrons. The smallest absolute Gasteiger partial charge is 0.362 e. The normalized spacial score (nSPS) is 26.4. The fourth-order valence-electron chi connectivity index (χ4n) is 9.51. The van der Waals surface area contributed by atoms with Gasteiger partial charge in [-0.25, -0.2) is 0 Å². The van der Waals surface area contributed by atoms with Crippen LogP contribution >= 0.6 is 0 Å². The average Bonchev–Trinajstić information content (AvgIpc) is 1.18. The molecule has 0 amide bonds. The molecule has 0 bridgehead atoms. The molecular weight excluding hydrogens is 1350 g/mol. The van der Waals surface area contributed by atoms with Gasteiger partial charge >= 0.3 is 95.3 Å². The third-order valence-electron chi connectivity index (χ3n) is 14.4. The zero-order valence-corrected chi connectivity index (χ0v) is 44.5. The van der Waals surface area contributed by atoms with Gasteiger partial charge in [-0.1, -0.05) is 60.7 Å².